The first kappa shape index (κ1) is 25.0. The van der Waals surface area contributed by atoms with E-state index in [0.717, 1.165) is 64.2 Å². The molecule has 4 heteroatoms. The average Bonchev–Trinajstić information content (AvgIpc) is 3.09. The molecule has 0 amide bonds. The fraction of sp³-hybridized carbons (Fsp3) is 0.917. The predicted octanol–water partition coefficient (Wildman–Crippen LogP) is 6.60. The van der Waals surface area contributed by atoms with Crippen LogP contribution in [-0.4, -0.2) is 23.1 Å². The van der Waals surface area contributed by atoms with Crippen LogP contribution in [0.4, 0.5) is 0 Å². The second-order valence-corrected chi connectivity index (χ2v) is 10.3. The van der Waals surface area contributed by atoms with Crippen LogP contribution in [0.2, 0.25) is 0 Å². The van der Waals surface area contributed by atoms with Gasteiger partial charge in [0.15, 0.2) is 0 Å². The molecule has 164 valence electrons. The Hall–Kier alpha value is -1.06. The van der Waals surface area contributed by atoms with Gasteiger partial charge in [0.1, 0.15) is 11.2 Å². The van der Waals surface area contributed by atoms with Crippen LogP contribution in [0.1, 0.15) is 120 Å². The third-order valence-electron chi connectivity index (χ3n) is 7.12. The molecule has 1 aliphatic carbocycles. The summed E-state index contributed by atoms with van der Waals surface area (Å²) in [6.07, 6.45) is 8.99. The average molecular weight is 397 g/mol. The normalized spacial score (nSPS) is 19.1. The van der Waals surface area contributed by atoms with Gasteiger partial charge in [0.05, 0.1) is 10.8 Å². The first-order valence-electron chi connectivity index (χ1n) is 11.3. The molecule has 0 aromatic rings. The summed E-state index contributed by atoms with van der Waals surface area (Å²) in [6, 6.07) is 0. The first-order valence-corrected chi connectivity index (χ1v) is 11.3. The molecule has 0 bridgehead atoms. The molecule has 0 N–H and O–H groups in total. The number of carbonyl (C=O) groups is 2. The molecular weight excluding hydrogens is 352 g/mol. The second-order valence-electron chi connectivity index (χ2n) is 10.3. The van der Waals surface area contributed by atoms with Gasteiger partial charge in [-0.05, 0) is 98.8 Å². The van der Waals surface area contributed by atoms with Crippen LogP contribution in [-0.2, 0) is 19.1 Å². The maximum absolute atomic E-state index is 12.7. The molecule has 0 aromatic heterocycles. The third kappa shape index (κ3) is 6.49. The molecule has 1 rings (SSSR count). The van der Waals surface area contributed by atoms with E-state index in [1.165, 1.54) is 0 Å². The lowest BCUT2D eigenvalue weighted by molar-refractivity contribution is -0.172. The van der Waals surface area contributed by atoms with E-state index in [9.17, 15) is 9.59 Å². The summed E-state index contributed by atoms with van der Waals surface area (Å²) >= 11 is 0. The fourth-order valence-corrected chi connectivity index (χ4v) is 3.49. The Morgan fingerprint density at radius 3 is 1.79 bits per heavy atom. The first-order chi connectivity index (χ1) is 12.9. The van der Waals surface area contributed by atoms with Crippen LogP contribution in [0.25, 0.3) is 0 Å². The van der Waals surface area contributed by atoms with E-state index in [-0.39, 0.29) is 17.5 Å². The zero-order valence-corrected chi connectivity index (χ0v) is 19.7. The highest BCUT2D eigenvalue weighted by Crippen LogP contribution is 2.41. The van der Waals surface area contributed by atoms with Gasteiger partial charge in [0.2, 0.25) is 0 Å². The zero-order valence-electron chi connectivity index (χ0n) is 19.7. The maximum Gasteiger partial charge on any atom is 0.312 e. The van der Waals surface area contributed by atoms with E-state index >= 15 is 0 Å². The van der Waals surface area contributed by atoms with Crippen molar-refractivity contribution >= 4 is 11.9 Å². The van der Waals surface area contributed by atoms with E-state index in [1.807, 2.05) is 48.5 Å². The summed E-state index contributed by atoms with van der Waals surface area (Å²) in [6.45, 7) is 15.9. The van der Waals surface area contributed by atoms with Crippen molar-refractivity contribution in [3.63, 3.8) is 0 Å². The molecule has 1 unspecified atom stereocenters. The van der Waals surface area contributed by atoms with E-state index in [2.05, 4.69) is 6.92 Å². The number of hydrogen-bond donors (Lipinski definition) is 0. The summed E-state index contributed by atoms with van der Waals surface area (Å²) < 4.78 is 12.1. The lowest BCUT2D eigenvalue weighted by atomic mass is 9.86. The summed E-state index contributed by atoms with van der Waals surface area (Å²) in [5.41, 5.74) is -1.68. The quantitative estimate of drug-likeness (QED) is 0.369. The van der Waals surface area contributed by atoms with Gasteiger partial charge in [-0.1, -0.05) is 20.8 Å². The molecule has 0 aromatic carbocycles. The van der Waals surface area contributed by atoms with Crippen molar-refractivity contribution in [2.75, 3.05) is 0 Å². The van der Waals surface area contributed by atoms with Gasteiger partial charge in [0.25, 0.3) is 0 Å². The van der Waals surface area contributed by atoms with E-state index in [0.29, 0.717) is 0 Å². The molecule has 0 saturated heterocycles. The molecule has 4 nitrogen and oxygen atoms in total. The largest absolute Gasteiger partial charge is 0.459 e. The summed E-state index contributed by atoms with van der Waals surface area (Å²) in [5.74, 6) is -0.197. The Kier molecular flexibility index (Phi) is 8.59. The Morgan fingerprint density at radius 2 is 1.32 bits per heavy atom. The molecule has 0 aliphatic heterocycles. The molecule has 1 aliphatic rings. The predicted molar refractivity (Wildman–Crippen MR) is 114 cm³/mol. The molecule has 1 atom stereocenters. The van der Waals surface area contributed by atoms with Crippen molar-refractivity contribution in [3.8, 4) is 0 Å². The number of esters is 2. The number of ether oxygens (including phenoxy) is 2. The van der Waals surface area contributed by atoms with Crippen LogP contribution in [0.3, 0.4) is 0 Å². The van der Waals surface area contributed by atoms with Crippen molar-refractivity contribution < 1.29 is 19.1 Å². The molecule has 1 saturated carbocycles. The lowest BCUT2D eigenvalue weighted by Crippen LogP contribution is -2.39. The minimum atomic E-state index is -0.462. The fourth-order valence-electron chi connectivity index (χ4n) is 3.49. The standard InChI is InChI=1S/C24H44O4/c1-9-21(4,5)19(25)27-23(8,11-3)15-14-18-24(16-12-13-17-24)28-20(26)22(6,7)10-2/h9-18H2,1-8H3. The molecular formula is C24H44O4. The monoisotopic (exact) mass is 396 g/mol. The zero-order chi connectivity index (χ0) is 21.6. The summed E-state index contributed by atoms with van der Waals surface area (Å²) in [4.78, 5) is 25.2. The highest BCUT2D eigenvalue weighted by molar-refractivity contribution is 5.76. The Balaban J connectivity index is 2.72. The van der Waals surface area contributed by atoms with Gasteiger partial charge in [0, 0.05) is 0 Å². The van der Waals surface area contributed by atoms with Crippen molar-refractivity contribution in [1.29, 1.82) is 0 Å². The van der Waals surface area contributed by atoms with E-state index in [1.54, 1.807) is 0 Å². The Bertz CT molecular complexity index is 529. The number of hydrogen-bond acceptors (Lipinski definition) is 4. The van der Waals surface area contributed by atoms with Crippen LogP contribution in [0.15, 0.2) is 0 Å². The van der Waals surface area contributed by atoms with Gasteiger partial charge < -0.3 is 9.47 Å². The van der Waals surface area contributed by atoms with Gasteiger partial charge >= 0.3 is 11.9 Å². The summed E-state index contributed by atoms with van der Waals surface area (Å²) in [7, 11) is 0. The minimum absolute atomic E-state index is 0.0775. The van der Waals surface area contributed by atoms with Gasteiger partial charge in [-0.15, -0.1) is 0 Å². The van der Waals surface area contributed by atoms with Gasteiger partial charge in [-0.25, -0.2) is 0 Å². The van der Waals surface area contributed by atoms with Crippen molar-refractivity contribution in [2.45, 2.75) is 131 Å². The number of rotatable bonds is 11. The Morgan fingerprint density at radius 1 is 0.821 bits per heavy atom. The van der Waals surface area contributed by atoms with Crippen molar-refractivity contribution in [2.24, 2.45) is 10.8 Å². The lowest BCUT2D eigenvalue weighted by Gasteiger charge is -2.36. The van der Waals surface area contributed by atoms with Gasteiger partial charge in [-0.3, -0.25) is 9.59 Å². The molecule has 1 fully saturated rings. The Labute approximate surface area is 173 Å². The van der Waals surface area contributed by atoms with Gasteiger partial charge in [-0.2, -0.15) is 0 Å². The van der Waals surface area contributed by atoms with Crippen LogP contribution in [0.5, 0.6) is 0 Å². The smallest absolute Gasteiger partial charge is 0.312 e. The maximum atomic E-state index is 12.7. The SMILES string of the molecule is CCC(C)(CCCC1(OC(=O)C(C)(C)CC)CCCC1)OC(=O)C(C)(C)CC. The minimum Gasteiger partial charge on any atom is -0.459 e. The molecule has 28 heavy (non-hydrogen) atoms. The molecule has 0 spiro atoms. The topological polar surface area (TPSA) is 52.6 Å². The van der Waals surface area contributed by atoms with Crippen LogP contribution >= 0.6 is 0 Å². The molecule has 0 radical (unpaired) electrons. The third-order valence-corrected chi connectivity index (χ3v) is 7.12. The van der Waals surface area contributed by atoms with E-state index in [4.69, 9.17) is 9.47 Å². The number of carbonyl (C=O) groups excluding carboxylic acids is 2. The molecule has 0 heterocycles. The van der Waals surface area contributed by atoms with E-state index < -0.39 is 16.4 Å². The van der Waals surface area contributed by atoms with Crippen molar-refractivity contribution in [3.05, 3.63) is 0 Å². The highest BCUT2D eigenvalue weighted by Gasteiger charge is 2.41. The second kappa shape index (κ2) is 9.63. The van der Waals surface area contributed by atoms with Crippen LogP contribution in [0, 0.1) is 10.8 Å². The van der Waals surface area contributed by atoms with Crippen LogP contribution < -0.4 is 0 Å². The highest BCUT2D eigenvalue weighted by atomic mass is 16.6. The van der Waals surface area contributed by atoms with Crippen molar-refractivity contribution in [1.82, 2.24) is 0 Å². The summed E-state index contributed by atoms with van der Waals surface area (Å²) in [5, 5.41) is 0.